The number of hydrogen-bond acceptors (Lipinski definition) is 4. The number of carboxylic acids is 1. The summed E-state index contributed by atoms with van der Waals surface area (Å²) in [6.07, 6.45) is -0.525. The summed E-state index contributed by atoms with van der Waals surface area (Å²) in [6, 6.07) is 4.64. The van der Waals surface area contributed by atoms with Crippen molar-refractivity contribution in [2.45, 2.75) is 32.4 Å². The topological polar surface area (TPSA) is 116 Å². The summed E-state index contributed by atoms with van der Waals surface area (Å²) in [5.74, 6) is -1.20. The maximum atomic E-state index is 11.7. The first kappa shape index (κ1) is 16.7. The molecule has 0 fully saturated rings. The quantitative estimate of drug-likeness (QED) is 0.564. The molecule has 2 atom stereocenters. The number of phenols is 1. The molecule has 0 heterocycles. The van der Waals surface area contributed by atoms with Gasteiger partial charge in [0.1, 0.15) is 11.8 Å². The van der Waals surface area contributed by atoms with Crippen LogP contribution in [-0.4, -0.2) is 33.2 Å². The maximum absolute atomic E-state index is 11.7. The zero-order valence-electron chi connectivity index (χ0n) is 11.2. The first-order chi connectivity index (χ1) is 9.19. The second kappa shape index (κ2) is 6.85. The van der Waals surface area contributed by atoms with E-state index in [-0.39, 0.29) is 12.2 Å². The minimum Gasteiger partial charge on any atom is -0.508 e. The van der Waals surface area contributed by atoms with Crippen LogP contribution in [0.1, 0.15) is 19.4 Å². The van der Waals surface area contributed by atoms with Gasteiger partial charge in [0.15, 0.2) is 0 Å². The van der Waals surface area contributed by atoms with Crippen LogP contribution in [0.4, 0.5) is 0 Å². The lowest BCUT2D eigenvalue weighted by atomic mass is 10.1. The van der Waals surface area contributed by atoms with Crippen LogP contribution in [0, 0.1) is 0 Å². The third kappa shape index (κ3) is 5.71. The first-order valence-corrected chi connectivity index (χ1v) is 7.57. The van der Waals surface area contributed by atoms with Crippen molar-refractivity contribution in [1.82, 2.24) is 5.09 Å². The zero-order valence-corrected chi connectivity index (χ0v) is 12.1. The van der Waals surface area contributed by atoms with Gasteiger partial charge in [0.05, 0.1) is 6.10 Å². The van der Waals surface area contributed by atoms with Crippen molar-refractivity contribution in [3.8, 4) is 5.75 Å². The summed E-state index contributed by atoms with van der Waals surface area (Å²) in [6.45, 7) is 3.14. The summed E-state index contributed by atoms with van der Waals surface area (Å²) in [4.78, 5) is 20.7. The van der Waals surface area contributed by atoms with Crippen LogP contribution in [0.25, 0.3) is 0 Å². The lowest BCUT2D eigenvalue weighted by molar-refractivity contribution is -0.139. The average molecular weight is 303 g/mol. The van der Waals surface area contributed by atoms with E-state index in [9.17, 15) is 14.3 Å². The third-order valence-electron chi connectivity index (χ3n) is 2.35. The molecular weight excluding hydrogens is 285 g/mol. The number of aliphatic carboxylic acids is 1. The Bertz CT molecular complexity index is 501. The monoisotopic (exact) mass is 303 g/mol. The molecule has 7 nitrogen and oxygen atoms in total. The van der Waals surface area contributed by atoms with Crippen LogP contribution < -0.4 is 5.09 Å². The van der Waals surface area contributed by atoms with Gasteiger partial charge in [-0.25, -0.2) is 9.65 Å². The molecule has 4 N–H and O–H groups in total. The summed E-state index contributed by atoms with van der Waals surface area (Å²) in [5, 5.41) is 20.4. The number of hydrogen-bond donors (Lipinski definition) is 4. The lowest BCUT2D eigenvalue weighted by Gasteiger charge is -2.20. The Kier molecular flexibility index (Phi) is 5.71. The predicted octanol–water partition coefficient (Wildman–Crippen LogP) is 1.50. The number of aromatic hydroxyl groups is 1. The maximum Gasteiger partial charge on any atom is 0.403 e. The van der Waals surface area contributed by atoms with Crippen molar-refractivity contribution in [2.75, 3.05) is 0 Å². The number of benzene rings is 1. The Morgan fingerprint density at radius 1 is 1.35 bits per heavy atom. The summed E-state index contributed by atoms with van der Waals surface area (Å²) >= 11 is 0. The van der Waals surface area contributed by atoms with E-state index >= 15 is 0 Å². The van der Waals surface area contributed by atoms with Gasteiger partial charge in [-0.2, -0.15) is 0 Å². The van der Waals surface area contributed by atoms with Gasteiger partial charge in [0.25, 0.3) is 0 Å². The van der Waals surface area contributed by atoms with Gasteiger partial charge in [0, 0.05) is 0 Å². The minimum atomic E-state index is -4.19. The Morgan fingerprint density at radius 3 is 2.35 bits per heavy atom. The molecule has 0 saturated carbocycles. The van der Waals surface area contributed by atoms with Crippen LogP contribution in [0.15, 0.2) is 24.3 Å². The molecule has 0 aliphatic carbocycles. The van der Waals surface area contributed by atoms with E-state index in [0.29, 0.717) is 5.56 Å². The zero-order chi connectivity index (χ0) is 15.3. The third-order valence-corrected chi connectivity index (χ3v) is 3.69. The van der Waals surface area contributed by atoms with Crippen molar-refractivity contribution >= 4 is 13.7 Å². The number of phenolic OH excluding ortho intramolecular Hbond substituents is 1. The lowest BCUT2D eigenvalue weighted by Crippen LogP contribution is -2.37. The first-order valence-electron chi connectivity index (χ1n) is 5.99. The van der Waals surface area contributed by atoms with Crippen molar-refractivity contribution in [3.05, 3.63) is 29.8 Å². The van der Waals surface area contributed by atoms with Gasteiger partial charge in [-0.3, -0.25) is 9.32 Å². The molecule has 0 saturated heterocycles. The SMILES string of the molecule is CC(C)OP(=O)(O)N[C@@H](Cc1ccc(O)cc1)C(=O)O. The molecular formula is C12H18NO6P. The summed E-state index contributed by atoms with van der Waals surface area (Å²) in [5.41, 5.74) is 0.604. The average Bonchev–Trinajstić information content (AvgIpc) is 2.29. The Hall–Kier alpha value is -1.40. The number of rotatable bonds is 7. The highest BCUT2D eigenvalue weighted by molar-refractivity contribution is 7.50. The van der Waals surface area contributed by atoms with Crippen LogP contribution in [-0.2, 0) is 20.3 Å². The predicted molar refractivity (Wildman–Crippen MR) is 72.4 cm³/mol. The Morgan fingerprint density at radius 2 is 1.90 bits per heavy atom. The van der Waals surface area contributed by atoms with E-state index in [1.807, 2.05) is 0 Å². The molecule has 1 aromatic carbocycles. The fourth-order valence-corrected chi connectivity index (χ4v) is 2.80. The standard InChI is InChI=1S/C12H18NO6P/c1-8(2)19-20(17,18)13-11(12(15)16)7-9-3-5-10(14)6-4-9/h3-6,8,11,14H,7H2,1-2H3,(H,15,16)(H2,13,17,18)/t11-/m0/s1. The molecule has 20 heavy (non-hydrogen) atoms. The highest BCUT2D eigenvalue weighted by Gasteiger charge is 2.29. The smallest absolute Gasteiger partial charge is 0.403 e. The van der Waals surface area contributed by atoms with E-state index in [1.54, 1.807) is 26.0 Å². The minimum absolute atomic E-state index is 0.0123. The van der Waals surface area contributed by atoms with Gasteiger partial charge in [0.2, 0.25) is 0 Å². The second-order valence-electron chi connectivity index (χ2n) is 4.57. The number of carboxylic acid groups (broad SMARTS) is 1. The molecule has 8 heteroatoms. The molecule has 0 spiro atoms. The molecule has 0 aliphatic heterocycles. The molecule has 0 aliphatic rings. The van der Waals surface area contributed by atoms with Crippen LogP contribution in [0.5, 0.6) is 5.75 Å². The van der Waals surface area contributed by atoms with E-state index in [1.165, 1.54) is 12.1 Å². The number of nitrogens with one attached hydrogen (secondary N) is 1. The highest BCUT2D eigenvalue weighted by atomic mass is 31.2. The van der Waals surface area contributed by atoms with Crippen LogP contribution in [0.2, 0.25) is 0 Å². The van der Waals surface area contributed by atoms with Gasteiger partial charge in [-0.1, -0.05) is 12.1 Å². The van der Waals surface area contributed by atoms with E-state index < -0.39 is 25.9 Å². The van der Waals surface area contributed by atoms with Gasteiger partial charge in [-0.15, -0.1) is 0 Å². The van der Waals surface area contributed by atoms with Crippen LogP contribution >= 0.6 is 7.75 Å². The molecule has 0 aromatic heterocycles. The normalized spacial score (nSPS) is 15.8. The molecule has 0 bridgehead atoms. The van der Waals surface area contributed by atoms with Crippen molar-refractivity contribution < 1.29 is 29.0 Å². The number of carbonyl (C=O) groups is 1. The van der Waals surface area contributed by atoms with Crippen molar-refractivity contribution in [1.29, 1.82) is 0 Å². The Balaban J connectivity index is 2.77. The fourth-order valence-electron chi connectivity index (χ4n) is 1.57. The highest BCUT2D eigenvalue weighted by Crippen LogP contribution is 2.39. The van der Waals surface area contributed by atoms with Crippen LogP contribution in [0.3, 0.4) is 0 Å². The van der Waals surface area contributed by atoms with E-state index in [0.717, 1.165) is 0 Å². The van der Waals surface area contributed by atoms with E-state index in [4.69, 9.17) is 14.7 Å². The van der Waals surface area contributed by atoms with Crippen molar-refractivity contribution in [2.24, 2.45) is 0 Å². The van der Waals surface area contributed by atoms with Crippen molar-refractivity contribution in [3.63, 3.8) is 0 Å². The molecule has 112 valence electrons. The summed E-state index contributed by atoms with van der Waals surface area (Å²) in [7, 11) is -4.19. The molecule has 1 rings (SSSR count). The van der Waals surface area contributed by atoms with Gasteiger partial charge >= 0.3 is 13.7 Å². The Labute approximate surface area is 116 Å². The fraction of sp³-hybridized carbons (Fsp3) is 0.417. The van der Waals surface area contributed by atoms with Gasteiger partial charge in [-0.05, 0) is 38.0 Å². The second-order valence-corrected chi connectivity index (χ2v) is 6.07. The summed E-state index contributed by atoms with van der Waals surface area (Å²) < 4.78 is 16.5. The molecule has 1 unspecified atom stereocenters. The van der Waals surface area contributed by atoms with Gasteiger partial charge < -0.3 is 15.1 Å². The largest absolute Gasteiger partial charge is 0.508 e. The molecule has 0 radical (unpaired) electrons. The van der Waals surface area contributed by atoms with E-state index in [2.05, 4.69) is 5.09 Å². The molecule has 1 aromatic rings. The molecule has 0 amide bonds.